The monoisotopic (exact) mass is 162 g/mol. The second-order valence-corrected chi connectivity index (χ2v) is 2.78. The van der Waals surface area contributed by atoms with E-state index in [0.717, 1.165) is 6.42 Å². The summed E-state index contributed by atoms with van der Waals surface area (Å²) in [6.07, 6.45) is 2.43. The number of ether oxygens (including phenoxy) is 1. The second kappa shape index (κ2) is 4.60. The molecule has 0 aliphatic carbocycles. The van der Waals surface area contributed by atoms with E-state index < -0.39 is 0 Å². The first-order valence-electron chi connectivity index (χ1n) is 4.11. The summed E-state index contributed by atoms with van der Waals surface area (Å²) in [6, 6.07) is 8.45. The lowest BCUT2D eigenvalue weighted by molar-refractivity contribution is 0.255. The van der Waals surface area contributed by atoms with E-state index in [1.54, 1.807) is 0 Å². The van der Waals surface area contributed by atoms with Gasteiger partial charge in [0.2, 0.25) is 0 Å². The van der Waals surface area contributed by atoms with Gasteiger partial charge in [0.15, 0.2) is 0 Å². The molecule has 0 saturated heterocycles. The van der Waals surface area contributed by atoms with Gasteiger partial charge in [0.05, 0.1) is 12.9 Å². The Hall–Kier alpha value is -1.24. The van der Waals surface area contributed by atoms with E-state index in [0.29, 0.717) is 6.61 Å². The van der Waals surface area contributed by atoms with Crippen LogP contribution in [-0.4, -0.2) is 6.61 Å². The second-order valence-electron chi connectivity index (χ2n) is 2.78. The zero-order valence-electron chi connectivity index (χ0n) is 7.42. The van der Waals surface area contributed by atoms with Gasteiger partial charge in [-0.3, -0.25) is 0 Å². The van der Waals surface area contributed by atoms with E-state index in [9.17, 15) is 0 Å². The summed E-state index contributed by atoms with van der Waals surface area (Å²) in [5.41, 5.74) is 2.61. The van der Waals surface area contributed by atoms with Crippen LogP contribution in [0.1, 0.15) is 11.1 Å². The predicted octanol–water partition coefficient (Wildman–Crippen LogP) is 2.70. The zero-order chi connectivity index (χ0) is 8.81. The lowest BCUT2D eigenvalue weighted by Crippen LogP contribution is -1.93. The van der Waals surface area contributed by atoms with Crippen molar-refractivity contribution in [2.45, 2.75) is 13.3 Å². The van der Waals surface area contributed by atoms with Crippen LogP contribution >= 0.6 is 0 Å². The molecule has 1 rings (SSSR count). The fourth-order valence-electron chi connectivity index (χ4n) is 1.13. The van der Waals surface area contributed by atoms with Gasteiger partial charge in [-0.15, -0.1) is 0 Å². The maximum Gasteiger partial charge on any atom is 0.0913 e. The van der Waals surface area contributed by atoms with E-state index in [1.165, 1.54) is 17.4 Å². The summed E-state index contributed by atoms with van der Waals surface area (Å²) in [5.74, 6) is 0. The number of aryl methyl sites for hydroxylation is 1. The Morgan fingerprint density at radius 1 is 1.50 bits per heavy atom. The molecule has 0 aliphatic rings. The Bertz CT molecular complexity index is 253. The summed E-state index contributed by atoms with van der Waals surface area (Å²) in [5, 5.41) is 0. The van der Waals surface area contributed by atoms with Crippen molar-refractivity contribution in [2.24, 2.45) is 0 Å². The molecule has 0 aromatic heterocycles. The third kappa shape index (κ3) is 2.79. The number of hydrogen-bond donors (Lipinski definition) is 0. The molecule has 0 heterocycles. The molecule has 1 heteroatoms. The first-order valence-corrected chi connectivity index (χ1v) is 4.11. The normalized spacial score (nSPS) is 9.42. The predicted molar refractivity (Wildman–Crippen MR) is 51.0 cm³/mol. The molecule has 0 N–H and O–H groups in total. The molecule has 0 fully saturated rings. The Morgan fingerprint density at radius 2 is 2.33 bits per heavy atom. The molecular formula is C11H14O. The van der Waals surface area contributed by atoms with Crippen LogP contribution in [0.4, 0.5) is 0 Å². The summed E-state index contributed by atoms with van der Waals surface area (Å²) in [6.45, 7) is 6.30. The minimum Gasteiger partial charge on any atom is -0.501 e. The highest BCUT2D eigenvalue weighted by Gasteiger charge is 1.91. The van der Waals surface area contributed by atoms with Gasteiger partial charge in [0.25, 0.3) is 0 Å². The van der Waals surface area contributed by atoms with Crippen LogP contribution in [0.5, 0.6) is 0 Å². The number of benzene rings is 1. The maximum absolute atomic E-state index is 5.04. The van der Waals surface area contributed by atoms with Gasteiger partial charge in [-0.1, -0.05) is 36.4 Å². The molecular weight excluding hydrogens is 148 g/mol. The quantitative estimate of drug-likeness (QED) is 0.488. The van der Waals surface area contributed by atoms with Crippen LogP contribution in [0, 0.1) is 6.92 Å². The van der Waals surface area contributed by atoms with Crippen molar-refractivity contribution in [1.29, 1.82) is 0 Å². The van der Waals surface area contributed by atoms with Crippen LogP contribution < -0.4 is 0 Å². The molecule has 12 heavy (non-hydrogen) atoms. The zero-order valence-corrected chi connectivity index (χ0v) is 7.42. The van der Waals surface area contributed by atoms with Crippen molar-refractivity contribution in [1.82, 2.24) is 0 Å². The van der Waals surface area contributed by atoms with Gasteiger partial charge in [-0.2, -0.15) is 0 Å². The number of hydrogen-bond acceptors (Lipinski definition) is 1. The topological polar surface area (TPSA) is 9.23 Å². The van der Waals surface area contributed by atoms with Gasteiger partial charge < -0.3 is 4.74 Å². The van der Waals surface area contributed by atoms with E-state index >= 15 is 0 Å². The molecule has 0 radical (unpaired) electrons. The van der Waals surface area contributed by atoms with Crippen molar-refractivity contribution in [3.63, 3.8) is 0 Å². The molecule has 1 nitrogen and oxygen atoms in total. The molecule has 0 amide bonds. The average molecular weight is 162 g/mol. The van der Waals surface area contributed by atoms with E-state index in [4.69, 9.17) is 4.74 Å². The highest BCUT2D eigenvalue weighted by Crippen LogP contribution is 2.04. The van der Waals surface area contributed by atoms with Crippen LogP contribution in [0.3, 0.4) is 0 Å². The summed E-state index contributed by atoms with van der Waals surface area (Å²) in [4.78, 5) is 0. The van der Waals surface area contributed by atoms with Gasteiger partial charge in [0, 0.05) is 6.42 Å². The van der Waals surface area contributed by atoms with Crippen molar-refractivity contribution in [3.8, 4) is 0 Å². The van der Waals surface area contributed by atoms with Crippen LogP contribution in [0.25, 0.3) is 0 Å². The van der Waals surface area contributed by atoms with Crippen LogP contribution in [0.2, 0.25) is 0 Å². The summed E-state index contributed by atoms with van der Waals surface area (Å²) >= 11 is 0. The van der Waals surface area contributed by atoms with Gasteiger partial charge in [0.1, 0.15) is 0 Å². The lowest BCUT2D eigenvalue weighted by Gasteiger charge is -2.01. The van der Waals surface area contributed by atoms with Crippen molar-refractivity contribution in [3.05, 3.63) is 48.2 Å². The fraction of sp³-hybridized carbons (Fsp3) is 0.273. The summed E-state index contributed by atoms with van der Waals surface area (Å²) < 4.78 is 5.04. The highest BCUT2D eigenvalue weighted by molar-refractivity contribution is 5.22. The molecule has 0 bridgehead atoms. The van der Waals surface area contributed by atoms with Gasteiger partial charge >= 0.3 is 0 Å². The molecule has 0 aliphatic heterocycles. The van der Waals surface area contributed by atoms with Gasteiger partial charge in [-0.25, -0.2) is 0 Å². The Morgan fingerprint density at radius 3 is 3.00 bits per heavy atom. The molecule has 64 valence electrons. The van der Waals surface area contributed by atoms with Crippen molar-refractivity contribution >= 4 is 0 Å². The first kappa shape index (κ1) is 8.85. The highest BCUT2D eigenvalue weighted by atomic mass is 16.5. The fourth-order valence-corrected chi connectivity index (χ4v) is 1.13. The first-order chi connectivity index (χ1) is 5.83. The van der Waals surface area contributed by atoms with Gasteiger partial charge in [-0.05, 0) is 12.5 Å². The third-order valence-electron chi connectivity index (χ3n) is 1.71. The van der Waals surface area contributed by atoms with E-state index in [1.807, 2.05) is 0 Å². The SMILES string of the molecule is C=COCCc1cccc(C)c1. The lowest BCUT2D eigenvalue weighted by atomic mass is 10.1. The minimum atomic E-state index is 0.715. The Kier molecular flexibility index (Phi) is 3.39. The van der Waals surface area contributed by atoms with E-state index in [-0.39, 0.29) is 0 Å². The summed E-state index contributed by atoms with van der Waals surface area (Å²) in [7, 11) is 0. The molecule has 1 aromatic rings. The molecule has 0 saturated carbocycles. The van der Waals surface area contributed by atoms with Crippen LogP contribution in [-0.2, 0) is 11.2 Å². The van der Waals surface area contributed by atoms with Crippen molar-refractivity contribution < 1.29 is 4.74 Å². The number of rotatable bonds is 4. The Balaban J connectivity index is 2.46. The smallest absolute Gasteiger partial charge is 0.0913 e. The van der Waals surface area contributed by atoms with Crippen molar-refractivity contribution in [2.75, 3.05) is 6.61 Å². The molecule has 1 aromatic carbocycles. The molecule has 0 unspecified atom stereocenters. The molecule has 0 atom stereocenters. The van der Waals surface area contributed by atoms with E-state index in [2.05, 4.69) is 37.8 Å². The Labute approximate surface area is 73.7 Å². The maximum atomic E-state index is 5.04. The van der Waals surface area contributed by atoms with Crippen LogP contribution in [0.15, 0.2) is 37.1 Å². The standard InChI is InChI=1S/C11H14O/c1-3-12-8-7-11-6-4-5-10(2)9-11/h3-6,9H,1,7-8H2,2H3. The molecule has 0 spiro atoms. The minimum absolute atomic E-state index is 0.715. The largest absolute Gasteiger partial charge is 0.501 e. The third-order valence-corrected chi connectivity index (χ3v) is 1.71. The average Bonchev–Trinajstić information content (AvgIpc) is 2.05.